The van der Waals surface area contributed by atoms with E-state index in [4.69, 9.17) is 9.47 Å². The molecule has 0 radical (unpaired) electrons. The van der Waals surface area contributed by atoms with E-state index in [2.05, 4.69) is 21.6 Å². The number of hydrogen-bond acceptors (Lipinski definition) is 5. The van der Waals surface area contributed by atoms with Crippen LogP contribution < -0.4 is 15.4 Å². The Morgan fingerprint density at radius 3 is 2.56 bits per heavy atom. The van der Waals surface area contributed by atoms with Crippen LogP contribution in [0.15, 0.2) is 24.3 Å². The van der Waals surface area contributed by atoms with Crippen molar-refractivity contribution in [1.82, 2.24) is 15.5 Å². The lowest BCUT2D eigenvalue weighted by Gasteiger charge is -2.38. The summed E-state index contributed by atoms with van der Waals surface area (Å²) in [6.45, 7) is 4.29. The number of piperidine rings is 2. The Morgan fingerprint density at radius 1 is 1.19 bits per heavy atom. The minimum absolute atomic E-state index is 0.00315. The molecule has 1 aromatic carbocycles. The summed E-state index contributed by atoms with van der Waals surface area (Å²) in [6.07, 6.45) is 5.10. The molecule has 2 N–H and O–H groups in total. The van der Waals surface area contributed by atoms with Gasteiger partial charge >= 0.3 is 0 Å². The van der Waals surface area contributed by atoms with E-state index in [-0.39, 0.29) is 11.9 Å². The van der Waals surface area contributed by atoms with Crippen LogP contribution in [0.2, 0.25) is 0 Å². The number of benzene rings is 1. The fraction of sp³-hybridized carbons (Fsp3) is 0.667. The van der Waals surface area contributed by atoms with Gasteiger partial charge in [-0.3, -0.25) is 9.69 Å². The Labute approximate surface area is 162 Å². The molecule has 0 spiro atoms. The average Bonchev–Trinajstić information content (AvgIpc) is 2.75. The number of likely N-dealkylation sites (tertiary alicyclic amines) is 1. The number of rotatable bonds is 7. The summed E-state index contributed by atoms with van der Waals surface area (Å²) in [5, 5.41) is 6.50. The first kappa shape index (κ1) is 20.1. The van der Waals surface area contributed by atoms with Crippen molar-refractivity contribution in [3.05, 3.63) is 29.8 Å². The number of amides is 1. The Morgan fingerprint density at radius 2 is 1.89 bits per heavy atom. The third kappa shape index (κ3) is 4.62. The second-order valence-corrected chi connectivity index (χ2v) is 7.51. The lowest BCUT2D eigenvalue weighted by atomic mass is 9.90. The molecule has 0 aliphatic carbocycles. The van der Waals surface area contributed by atoms with Crippen LogP contribution in [0, 0.1) is 0 Å². The molecule has 3 rings (SSSR count). The summed E-state index contributed by atoms with van der Waals surface area (Å²) in [5.41, 5.74) is 0.428. The van der Waals surface area contributed by atoms with Gasteiger partial charge in [-0.2, -0.15) is 0 Å². The van der Waals surface area contributed by atoms with Crippen molar-refractivity contribution < 1.29 is 14.3 Å². The van der Waals surface area contributed by atoms with Crippen LogP contribution in [0.5, 0.6) is 5.75 Å². The van der Waals surface area contributed by atoms with E-state index in [1.54, 1.807) is 14.2 Å². The van der Waals surface area contributed by atoms with E-state index in [1.165, 1.54) is 19.3 Å². The summed E-state index contributed by atoms with van der Waals surface area (Å²) in [5.74, 6) is 0.883. The first-order chi connectivity index (χ1) is 13.2. The zero-order valence-electron chi connectivity index (χ0n) is 16.6. The molecular formula is C21H33N3O3. The molecule has 2 heterocycles. The molecule has 1 atom stereocenters. The largest absolute Gasteiger partial charge is 0.496 e. The SMILES string of the molecule is COc1ccccc1C(CNC(=O)C1(OC)CCNCC1)N1CCCCC1. The van der Waals surface area contributed by atoms with Crippen LogP contribution >= 0.6 is 0 Å². The fourth-order valence-electron chi connectivity index (χ4n) is 4.31. The molecule has 1 aromatic rings. The second kappa shape index (κ2) is 9.53. The molecule has 2 saturated heterocycles. The minimum Gasteiger partial charge on any atom is -0.496 e. The molecule has 1 amide bonds. The highest BCUT2D eigenvalue weighted by Crippen LogP contribution is 2.31. The van der Waals surface area contributed by atoms with Gasteiger partial charge in [0.1, 0.15) is 11.4 Å². The lowest BCUT2D eigenvalue weighted by molar-refractivity contribution is -0.147. The Balaban J connectivity index is 1.76. The zero-order valence-corrected chi connectivity index (χ0v) is 16.6. The van der Waals surface area contributed by atoms with Gasteiger partial charge in [0.2, 0.25) is 0 Å². The van der Waals surface area contributed by atoms with Crippen LogP contribution in [0.3, 0.4) is 0 Å². The Kier molecular flexibility index (Phi) is 7.10. The summed E-state index contributed by atoms with van der Waals surface area (Å²) in [4.78, 5) is 15.5. The van der Waals surface area contributed by atoms with Crippen molar-refractivity contribution in [2.45, 2.75) is 43.7 Å². The van der Waals surface area contributed by atoms with Crippen LogP contribution in [-0.4, -0.2) is 63.4 Å². The van der Waals surface area contributed by atoms with Crippen LogP contribution in [0.4, 0.5) is 0 Å². The van der Waals surface area contributed by atoms with Gasteiger partial charge in [0.15, 0.2) is 0 Å². The maximum atomic E-state index is 13.0. The zero-order chi connectivity index (χ0) is 19.1. The van der Waals surface area contributed by atoms with Crippen LogP contribution in [0.25, 0.3) is 0 Å². The van der Waals surface area contributed by atoms with E-state index in [0.717, 1.165) is 37.5 Å². The van der Waals surface area contributed by atoms with Gasteiger partial charge in [-0.05, 0) is 57.9 Å². The molecule has 2 fully saturated rings. The van der Waals surface area contributed by atoms with E-state index < -0.39 is 5.60 Å². The maximum Gasteiger partial charge on any atom is 0.252 e. The first-order valence-corrected chi connectivity index (χ1v) is 10.1. The highest BCUT2D eigenvalue weighted by atomic mass is 16.5. The molecule has 0 aromatic heterocycles. The molecule has 2 aliphatic heterocycles. The summed E-state index contributed by atoms with van der Waals surface area (Å²) < 4.78 is 11.3. The summed E-state index contributed by atoms with van der Waals surface area (Å²) in [7, 11) is 3.35. The van der Waals surface area contributed by atoms with E-state index >= 15 is 0 Å². The molecule has 27 heavy (non-hydrogen) atoms. The number of hydrogen-bond donors (Lipinski definition) is 2. The minimum atomic E-state index is -0.710. The third-order valence-corrected chi connectivity index (χ3v) is 6.00. The van der Waals surface area contributed by atoms with Gasteiger partial charge in [-0.25, -0.2) is 0 Å². The van der Waals surface area contributed by atoms with Crippen LogP contribution in [0.1, 0.15) is 43.7 Å². The average molecular weight is 376 g/mol. The number of methoxy groups -OCH3 is 2. The first-order valence-electron chi connectivity index (χ1n) is 10.1. The number of nitrogens with zero attached hydrogens (tertiary/aromatic N) is 1. The topological polar surface area (TPSA) is 62.8 Å². The predicted octanol–water partition coefficient (Wildman–Crippen LogP) is 2.11. The van der Waals surface area contributed by atoms with Gasteiger partial charge in [0.05, 0.1) is 13.2 Å². The monoisotopic (exact) mass is 375 g/mol. The smallest absolute Gasteiger partial charge is 0.252 e. The number of ether oxygens (including phenoxy) is 2. The third-order valence-electron chi connectivity index (χ3n) is 6.00. The van der Waals surface area contributed by atoms with E-state index in [1.807, 2.05) is 18.2 Å². The summed E-state index contributed by atoms with van der Waals surface area (Å²) >= 11 is 0. The molecule has 2 aliphatic rings. The number of carbonyl (C=O) groups is 1. The summed E-state index contributed by atoms with van der Waals surface area (Å²) in [6, 6.07) is 8.25. The van der Waals surface area contributed by atoms with Gasteiger partial charge < -0.3 is 20.1 Å². The van der Waals surface area contributed by atoms with Crippen LogP contribution in [-0.2, 0) is 9.53 Å². The van der Waals surface area contributed by atoms with E-state index in [9.17, 15) is 4.79 Å². The second-order valence-electron chi connectivity index (χ2n) is 7.51. The maximum absolute atomic E-state index is 13.0. The normalized spacial score (nSPS) is 21.4. The number of para-hydroxylation sites is 1. The highest BCUT2D eigenvalue weighted by molar-refractivity contribution is 5.85. The lowest BCUT2D eigenvalue weighted by Crippen LogP contribution is -2.55. The molecule has 1 unspecified atom stereocenters. The Hall–Kier alpha value is -1.63. The molecule has 0 saturated carbocycles. The Bertz CT molecular complexity index is 610. The van der Waals surface area contributed by atoms with Gasteiger partial charge in [-0.15, -0.1) is 0 Å². The fourth-order valence-corrected chi connectivity index (χ4v) is 4.31. The molecule has 0 bridgehead atoms. The van der Waals surface area contributed by atoms with Crippen molar-refractivity contribution in [3.63, 3.8) is 0 Å². The van der Waals surface area contributed by atoms with Crippen molar-refractivity contribution in [1.29, 1.82) is 0 Å². The molecular weight excluding hydrogens is 342 g/mol. The molecule has 150 valence electrons. The van der Waals surface area contributed by atoms with Crippen molar-refractivity contribution >= 4 is 5.91 Å². The van der Waals surface area contributed by atoms with Crippen molar-refractivity contribution in [3.8, 4) is 5.75 Å². The standard InChI is InChI=1S/C21H33N3O3/c1-26-19-9-5-4-8-17(19)18(24-14-6-3-7-15-24)16-23-20(25)21(27-2)10-12-22-13-11-21/h4-5,8-9,18,22H,3,6-7,10-16H2,1-2H3,(H,23,25). The van der Waals surface area contributed by atoms with Crippen molar-refractivity contribution in [2.24, 2.45) is 0 Å². The predicted molar refractivity (Wildman–Crippen MR) is 106 cm³/mol. The number of carbonyl (C=O) groups excluding carboxylic acids is 1. The highest BCUT2D eigenvalue weighted by Gasteiger charge is 2.40. The van der Waals surface area contributed by atoms with Crippen molar-refractivity contribution in [2.75, 3.05) is 46.9 Å². The van der Waals surface area contributed by atoms with E-state index in [0.29, 0.717) is 19.4 Å². The molecule has 6 nitrogen and oxygen atoms in total. The quantitative estimate of drug-likeness (QED) is 0.764. The van der Waals surface area contributed by atoms with Gasteiger partial charge in [0.25, 0.3) is 5.91 Å². The number of nitrogens with one attached hydrogen (secondary N) is 2. The molecule has 6 heteroatoms. The van der Waals surface area contributed by atoms with Gasteiger partial charge in [0, 0.05) is 19.2 Å². The van der Waals surface area contributed by atoms with Gasteiger partial charge in [-0.1, -0.05) is 24.6 Å².